The fraction of sp³-hybridized carbons (Fsp3) is 0.793. The van der Waals surface area contributed by atoms with Gasteiger partial charge < -0.3 is 9.47 Å². The molecule has 1 aromatic carbocycles. The third kappa shape index (κ3) is 2.25. The van der Waals surface area contributed by atoms with E-state index in [1.54, 1.807) is 0 Å². The van der Waals surface area contributed by atoms with Crippen molar-refractivity contribution in [2.45, 2.75) is 109 Å². The largest absolute Gasteiger partial charge is 0.377 e. The SMILES string of the molecule is CC1(C)O[C@@H]2[C@H]3CC[C@]45CCC[C@H]4[C@@]4(CCCOCc6ccccc6)[C@@H]([C@@H]1CC[C@@]34C)N25. The third-order valence-corrected chi connectivity index (χ3v) is 11.8. The zero-order chi connectivity index (χ0) is 21.8. The number of nitrogens with zero attached hydrogens (tertiary/aromatic N) is 1. The van der Waals surface area contributed by atoms with Gasteiger partial charge in [0, 0.05) is 30.0 Å². The Hall–Kier alpha value is -0.900. The van der Waals surface area contributed by atoms with Crippen molar-refractivity contribution in [3.63, 3.8) is 0 Å². The van der Waals surface area contributed by atoms with E-state index in [1.165, 1.54) is 63.4 Å². The molecule has 3 nitrogen and oxygen atoms in total. The van der Waals surface area contributed by atoms with Gasteiger partial charge in [-0.15, -0.1) is 0 Å². The van der Waals surface area contributed by atoms with Crippen molar-refractivity contribution in [3.05, 3.63) is 35.9 Å². The van der Waals surface area contributed by atoms with Crippen molar-refractivity contribution in [1.82, 2.24) is 4.90 Å². The van der Waals surface area contributed by atoms with Crippen LogP contribution < -0.4 is 0 Å². The second-order valence-electron chi connectivity index (χ2n) is 12.9. The summed E-state index contributed by atoms with van der Waals surface area (Å²) in [6, 6.07) is 11.4. The van der Waals surface area contributed by atoms with Crippen molar-refractivity contribution in [2.75, 3.05) is 6.61 Å². The second kappa shape index (κ2) is 6.61. The van der Waals surface area contributed by atoms with Gasteiger partial charge in [-0.2, -0.15) is 0 Å². The Morgan fingerprint density at radius 2 is 1.81 bits per heavy atom. The number of hydrogen-bond acceptors (Lipinski definition) is 3. The maximum atomic E-state index is 7.05. The summed E-state index contributed by atoms with van der Waals surface area (Å²) in [5.41, 5.74) is 2.69. The summed E-state index contributed by atoms with van der Waals surface area (Å²) in [4.78, 5) is 3.06. The molecule has 6 aliphatic rings. The summed E-state index contributed by atoms with van der Waals surface area (Å²) in [5, 5.41) is 0. The summed E-state index contributed by atoms with van der Waals surface area (Å²) in [6.07, 6.45) is 12.9. The van der Waals surface area contributed by atoms with Crippen LogP contribution in [0.5, 0.6) is 0 Å². The van der Waals surface area contributed by atoms with E-state index >= 15 is 0 Å². The first kappa shape index (κ1) is 20.5. The highest BCUT2D eigenvalue weighted by atomic mass is 16.5. The number of hydrogen-bond donors (Lipinski definition) is 0. The molecule has 6 bridgehead atoms. The summed E-state index contributed by atoms with van der Waals surface area (Å²) >= 11 is 0. The van der Waals surface area contributed by atoms with Crippen molar-refractivity contribution >= 4 is 0 Å². The summed E-state index contributed by atoms with van der Waals surface area (Å²) in [5.74, 6) is 2.30. The van der Waals surface area contributed by atoms with Crippen molar-refractivity contribution in [2.24, 2.45) is 28.6 Å². The molecule has 0 aromatic heterocycles. The highest BCUT2D eigenvalue weighted by molar-refractivity contribution is 5.34. The van der Waals surface area contributed by atoms with Crippen LogP contribution in [0.3, 0.4) is 0 Å². The normalized spacial score (nSPS) is 51.2. The van der Waals surface area contributed by atoms with Crippen molar-refractivity contribution < 1.29 is 9.47 Å². The lowest BCUT2D eigenvalue weighted by atomic mass is 9.41. The van der Waals surface area contributed by atoms with Gasteiger partial charge in [0.2, 0.25) is 0 Å². The molecule has 2 saturated carbocycles. The predicted molar refractivity (Wildman–Crippen MR) is 126 cm³/mol. The fourth-order valence-electron chi connectivity index (χ4n) is 10.8. The number of benzene rings is 1. The molecule has 1 unspecified atom stereocenters. The number of fused-ring (bicyclic) bond motifs is 1. The topological polar surface area (TPSA) is 21.7 Å². The zero-order valence-corrected chi connectivity index (χ0v) is 20.3. The minimum absolute atomic E-state index is 0.0259. The number of ether oxygens (including phenoxy) is 2. The van der Waals surface area contributed by atoms with E-state index in [1.807, 2.05) is 0 Å². The summed E-state index contributed by atoms with van der Waals surface area (Å²) < 4.78 is 13.3. The van der Waals surface area contributed by atoms with Crippen molar-refractivity contribution in [1.29, 1.82) is 0 Å². The monoisotopic (exact) mass is 435 g/mol. The third-order valence-electron chi connectivity index (χ3n) is 11.8. The van der Waals surface area contributed by atoms with Crippen LogP contribution >= 0.6 is 0 Å². The van der Waals surface area contributed by atoms with E-state index in [9.17, 15) is 0 Å². The van der Waals surface area contributed by atoms with Crippen LogP contribution in [0, 0.1) is 28.6 Å². The standard InChI is InChI=1S/C29H41NO2/c1-26(2)21-12-16-27(3)22-13-17-28-14-7-11-23(28)29(27,24(21)30(28)25(22)32-26)15-8-18-31-19-20-9-5-4-6-10-20/h4-6,9-10,21-25H,7-8,11-19H2,1-3H3/t21-,22+,23+,24+,25+,27-,28+,29-/m0/s1. The Labute approximate surface area is 194 Å². The molecule has 9 atom stereocenters. The lowest BCUT2D eigenvalue weighted by molar-refractivity contribution is -0.352. The molecule has 6 fully saturated rings. The van der Waals surface area contributed by atoms with Crippen molar-refractivity contribution in [3.8, 4) is 0 Å². The molecule has 174 valence electrons. The van der Waals surface area contributed by atoms with Crippen LogP contribution in [0.2, 0.25) is 0 Å². The molecule has 3 heteroatoms. The van der Waals surface area contributed by atoms with Gasteiger partial charge >= 0.3 is 0 Å². The van der Waals surface area contributed by atoms with E-state index in [2.05, 4.69) is 56.0 Å². The molecule has 1 spiro atoms. The first-order valence-electron chi connectivity index (χ1n) is 13.5. The van der Waals surface area contributed by atoms with Gasteiger partial charge in [-0.3, -0.25) is 4.90 Å². The van der Waals surface area contributed by atoms with Gasteiger partial charge in [0.25, 0.3) is 0 Å². The maximum absolute atomic E-state index is 7.05. The molecule has 2 aliphatic carbocycles. The molecule has 0 radical (unpaired) electrons. The molecule has 1 aromatic rings. The molecular weight excluding hydrogens is 394 g/mol. The van der Waals surface area contributed by atoms with Gasteiger partial charge in [0.1, 0.15) is 6.23 Å². The summed E-state index contributed by atoms with van der Waals surface area (Å²) in [6.45, 7) is 9.21. The Bertz CT molecular complexity index is 900. The smallest absolute Gasteiger partial charge is 0.115 e. The first-order valence-corrected chi connectivity index (χ1v) is 13.5. The first-order chi connectivity index (χ1) is 15.4. The second-order valence-corrected chi connectivity index (χ2v) is 12.9. The molecule has 4 heterocycles. The van der Waals surface area contributed by atoms with E-state index < -0.39 is 0 Å². The van der Waals surface area contributed by atoms with Crippen LogP contribution in [0.4, 0.5) is 0 Å². The average Bonchev–Trinajstić information content (AvgIpc) is 3.24. The maximum Gasteiger partial charge on any atom is 0.115 e. The van der Waals surface area contributed by atoms with Gasteiger partial charge in [-0.25, -0.2) is 0 Å². The molecule has 0 amide bonds. The number of rotatable bonds is 6. The van der Waals surface area contributed by atoms with Crippen LogP contribution in [0.25, 0.3) is 0 Å². The lowest BCUT2D eigenvalue weighted by Crippen LogP contribution is -2.78. The van der Waals surface area contributed by atoms with Crippen LogP contribution in [0.15, 0.2) is 30.3 Å². The molecule has 4 aliphatic heterocycles. The highest BCUT2D eigenvalue weighted by Crippen LogP contribution is 2.82. The molecule has 4 saturated heterocycles. The van der Waals surface area contributed by atoms with E-state index in [-0.39, 0.29) is 5.60 Å². The Balaban J connectivity index is 1.22. The molecular formula is C29H41NO2. The minimum Gasteiger partial charge on any atom is -0.377 e. The zero-order valence-electron chi connectivity index (χ0n) is 20.3. The van der Waals surface area contributed by atoms with Gasteiger partial charge in [0.15, 0.2) is 0 Å². The van der Waals surface area contributed by atoms with E-state index in [0.29, 0.717) is 28.5 Å². The molecule has 7 rings (SSSR count). The Kier molecular flexibility index (Phi) is 4.23. The summed E-state index contributed by atoms with van der Waals surface area (Å²) in [7, 11) is 0. The Morgan fingerprint density at radius 3 is 2.66 bits per heavy atom. The van der Waals surface area contributed by atoms with Crippen LogP contribution in [-0.2, 0) is 16.1 Å². The minimum atomic E-state index is 0.0259. The van der Waals surface area contributed by atoms with Gasteiger partial charge in [-0.1, -0.05) is 43.7 Å². The van der Waals surface area contributed by atoms with Crippen LogP contribution in [0.1, 0.15) is 84.1 Å². The molecule has 32 heavy (non-hydrogen) atoms. The fourth-order valence-corrected chi connectivity index (χ4v) is 10.8. The highest BCUT2D eigenvalue weighted by Gasteiger charge is 2.84. The number of piperidine rings is 2. The van der Waals surface area contributed by atoms with E-state index in [4.69, 9.17) is 9.47 Å². The molecule has 0 N–H and O–H groups in total. The quantitative estimate of drug-likeness (QED) is 0.499. The van der Waals surface area contributed by atoms with Gasteiger partial charge in [-0.05, 0) is 87.5 Å². The van der Waals surface area contributed by atoms with E-state index in [0.717, 1.165) is 31.1 Å². The predicted octanol–water partition coefficient (Wildman–Crippen LogP) is 6.17. The lowest BCUT2D eigenvalue weighted by Gasteiger charge is -2.73. The average molecular weight is 436 g/mol. The Morgan fingerprint density at radius 1 is 1.00 bits per heavy atom. The van der Waals surface area contributed by atoms with Gasteiger partial charge in [0.05, 0.1) is 12.2 Å². The van der Waals surface area contributed by atoms with Crippen LogP contribution in [-0.4, -0.2) is 34.9 Å².